The third-order valence-electron chi connectivity index (χ3n) is 12.6. The zero-order valence-corrected chi connectivity index (χ0v) is 36.1. The smallest absolute Gasteiger partial charge is 0.297 e. The second kappa shape index (κ2) is 17.3. The maximum atomic E-state index is 13.9. The quantitative estimate of drug-likeness (QED) is 0.0595. The monoisotopic (exact) mass is 862 g/mol. The molecule has 2 atom stereocenters. The number of likely N-dealkylation sites (tertiary alicyclic amines) is 1. The van der Waals surface area contributed by atoms with Crippen molar-refractivity contribution in [2.45, 2.75) is 69.4 Å². The molecule has 15 heteroatoms. The van der Waals surface area contributed by atoms with Crippen molar-refractivity contribution in [3.63, 3.8) is 0 Å². The van der Waals surface area contributed by atoms with E-state index in [0.717, 1.165) is 87.6 Å². The number of nitro benzene ring substituents is 1. The molecule has 3 N–H and O–H groups in total. The summed E-state index contributed by atoms with van der Waals surface area (Å²) in [5.41, 5.74) is 6.39. The number of aromatic amines is 1. The summed E-state index contributed by atoms with van der Waals surface area (Å²) >= 11 is 4.15. The van der Waals surface area contributed by atoms with Gasteiger partial charge in [0.1, 0.15) is 34.2 Å². The molecular weight excluding hydrogens is 812 g/mol. The van der Waals surface area contributed by atoms with Crippen LogP contribution in [-0.4, -0.2) is 93.0 Å². The average Bonchev–Trinajstić information content (AvgIpc) is 3.81. The SMILES string of the molecule is CC1(C)CCC(CN2CCN(c3ccc(C(=O)N[S+]([O-])c4ccc(N[C@H]5CCN(C6CC6)C5)c([N+](=O)[O-])c4)c(Oc4cnc5[nH]ccc5c4)c3)CC2)=C(c2ccc(Cl)cc2)C1. The lowest BCUT2D eigenvalue weighted by Crippen LogP contribution is -2.47. The molecule has 0 spiro atoms. The lowest BCUT2D eigenvalue weighted by Gasteiger charge is -2.39. The zero-order valence-electron chi connectivity index (χ0n) is 34.5. The molecule has 1 amide bonds. The van der Waals surface area contributed by atoms with Crippen molar-refractivity contribution in [2.75, 3.05) is 56.0 Å². The summed E-state index contributed by atoms with van der Waals surface area (Å²) in [6.45, 7) is 10.7. The highest BCUT2D eigenvalue weighted by Crippen LogP contribution is 2.44. The normalized spacial score (nSPS) is 20.2. The Hall–Kier alpha value is -5.12. The first kappa shape index (κ1) is 41.2. The number of carbonyl (C=O) groups is 1. The number of pyridine rings is 1. The first-order chi connectivity index (χ1) is 29.4. The Morgan fingerprint density at radius 1 is 1.02 bits per heavy atom. The number of ether oxygens (including phenoxy) is 1. The molecule has 1 unspecified atom stereocenters. The first-order valence-electron chi connectivity index (χ1n) is 21.2. The molecule has 0 radical (unpaired) electrons. The van der Waals surface area contributed by atoms with Crippen LogP contribution in [0.5, 0.6) is 11.5 Å². The number of anilines is 2. The molecule has 318 valence electrons. The summed E-state index contributed by atoms with van der Waals surface area (Å²) in [7, 11) is 0. The van der Waals surface area contributed by atoms with Gasteiger partial charge >= 0.3 is 0 Å². The van der Waals surface area contributed by atoms with Crippen LogP contribution in [0.15, 0.2) is 95.7 Å². The van der Waals surface area contributed by atoms with E-state index in [9.17, 15) is 19.5 Å². The van der Waals surface area contributed by atoms with E-state index >= 15 is 0 Å². The molecule has 2 aliphatic heterocycles. The molecule has 9 rings (SSSR count). The number of hydrogen-bond donors (Lipinski definition) is 3. The van der Waals surface area contributed by atoms with Crippen molar-refractivity contribution < 1.29 is 19.0 Å². The van der Waals surface area contributed by atoms with Crippen LogP contribution in [0.3, 0.4) is 0 Å². The van der Waals surface area contributed by atoms with E-state index in [1.54, 1.807) is 30.6 Å². The summed E-state index contributed by atoms with van der Waals surface area (Å²) in [4.78, 5) is 40.5. The zero-order chi connectivity index (χ0) is 42.3. The Kier molecular flexibility index (Phi) is 11.7. The van der Waals surface area contributed by atoms with Gasteiger partial charge < -0.3 is 24.5 Å². The van der Waals surface area contributed by atoms with E-state index < -0.39 is 22.2 Å². The Morgan fingerprint density at radius 2 is 1.82 bits per heavy atom. The van der Waals surface area contributed by atoms with Gasteiger partial charge in [0.2, 0.25) is 0 Å². The fraction of sp³-hybridized carbons (Fsp3) is 0.391. The van der Waals surface area contributed by atoms with Crippen molar-refractivity contribution in [3.05, 3.63) is 117 Å². The van der Waals surface area contributed by atoms with Crippen molar-refractivity contribution >= 4 is 62.5 Å². The number of piperazine rings is 1. The third kappa shape index (κ3) is 9.53. The summed E-state index contributed by atoms with van der Waals surface area (Å²) in [6, 6.07) is 22.5. The van der Waals surface area contributed by atoms with Gasteiger partial charge in [0.05, 0.1) is 22.7 Å². The summed E-state index contributed by atoms with van der Waals surface area (Å²) in [5.74, 6) is 0.0683. The second-order valence-electron chi connectivity index (χ2n) is 17.6. The molecule has 61 heavy (non-hydrogen) atoms. The minimum atomic E-state index is -2.10. The number of H-pyrrole nitrogens is 1. The van der Waals surface area contributed by atoms with E-state index in [-0.39, 0.29) is 33.4 Å². The minimum absolute atomic E-state index is 0.0924. The van der Waals surface area contributed by atoms with Gasteiger partial charge in [0.15, 0.2) is 4.90 Å². The molecule has 2 aromatic heterocycles. The molecule has 2 aliphatic carbocycles. The number of benzene rings is 3. The predicted molar refractivity (Wildman–Crippen MR) is 241 cm³/mol. The highest BCUT2D eigenvalue weighted by molar-refractivity contribution is 7.90. The Labute approximate surface area is 364 Å². The topological polar surface area (TPSA) is 155 Å². The number of carbonyl (C=O) groups excluding carboxylic acids is 1. The number of nitrogens with one attached hydrogen (secondary N) is 3. The number of nitro groups is 1. The standard InChI is InChI=1S/C46H51ClN8O5S/c1-46(2)16-13-32(40(26-46)30-3-5-33(47)6-4-30)28-52-19-21-53(22-20-52)36-9-11-39(43(24-36)60-37-23-31-14-17-48-44(31)49-27-37)45(56)51-61(59)38-10-12-41(42(25-38)55(57)58)50-34-15-18-54(29-34)35-7-8-35/h3-6,9-12,14,17,23-25,27,34-35,50H,7-8,13,15-16,18-22,26,28-29H2,1-2H3,(H,48,49)(H,51,56)/t34-,61?/m0/s1. The summed E-state index contributed by atoms with van der Waals surface area (Å²) < 4.78 is 22.6. The molecular formula is C46H51ClN8O5S. The minimum Gasteiger partial charge on any atom is -0.588 e. The number of rotatable bonds is 13. The average molecular weight is 863 g/mol. The van der Waals surface area contributed by atoms with Crippen molar-refractivity contribution in [1.82, 2.24) is 24.5 Å². The lowest BCUT2D eigenvalue weighted by molar-refractivity contribution is -0.384. The van der Waals surface area contributed by atoms with Crippen LogP contribution >= 0.6 is 11.6 Å². The maximum absolute atomic E-state index is 13.9. The number of nitrogens with zero attached hydrogens (tertiary/aromatic N) is 5. The number of halogens is 1. The van der Waals surface area contributed by atoms with Crippen LogP contribution in [-0.2, 0) is 11.4 Å². The molecule has 2 saturated heterocycles. The van der Waals surface area contributed by atoms with Gasteiger partial charge in [0, 0.05) is 86.3 Å². The van der Waals surface area contributed by atoms with Crippen molar-refractivity contribution in [1.29, 1.82) is 0 Å². The van der Waals surface area contributed by atoms with Crippen LogP contribution < -0.4 is 19.7 Å². The summed E-state index contributed by atoms with van der Waals surface area (Å²) in [5, 5.41) is 17.1. The predicted octanol–water partition coefficient (Wildman–Crippen LogP) is 8.80. The van der Waals surface area contributed by atoms with E-state index in [2.05, 4.69) is 60.7 Å². The molecule has 3 fully saturated rings. The second-order valence-corrected chi connectivity index (χ2v) is 19.2. The molecule has 3 aromatic carbocycles. The molecule has 4 heterocycles. The first-order valence-corrected chi connectivity index (χ1v) is 22.7. The van der Waals surface area contributed by atoms with E-state index in [1.165, 1.54) is 35.6 Å². The Bertz CT molecular complexity index is 2460. The van der Waals surface area contributed by atoms with Crippen LogP contribution in [0.1, 0.15) is 68.3 Å². The molecule has 1 saturated carbocycles. The van der Waals surface area contributed by atoms with Gasteiger partial charge in [-0.3, -0.25) is 24.7 Å². The number of hydrogen-bond acceptors (Lipinski definition) is 10. The van der Waals surface area contributed by atoms with Gasteiger partial charge in [-0.1, -0.05) is 43.2 Å². The van der Waals surface area contributed by atoms with Gasteiger partial charge in [-0.2, -0.15) is 4.72 Å². The fourth-order valence-corrected chi connectivity index (χ4v) is 9.91. The Balaban J connectivity index is 0.909. The van der Waals surface area contributed by atoms with Crippen LogP contribution in [0.4, 0.5) is 17.1 Å². The van der Waals surface area contributed by atoms with Gasteiger partial charge in [-0.15, -0.1) is 0 Å². The third-order valence-corrected chi connectivity index (χ3v) is 13.9. The van der Waals surface area contributed by atoms with E-state index in [1.807, 2.05) is 36.4 Å². The summed E-state index contributed by atoms with van der Waals surface area (Å²) in [6.07, 6.45) is 9.97. The van der Waals surface area contributed by atoms with Gasteiger partial charge in [-0.25, -0.2) is 4.98 Å². The molecule has 5 aromatic rings. The number of amides is 1. The van der Waals surface area contributed by atoms with Crippen molar-refractivity contribution in [3.8, 4) is 11.5 Å². The van der Waals surface area contributed by atoms with Crippen LogP contribution in [0, 0.1) is 15.5 Å². The van der Waals surface area contributed by atoms with Crippen LogP contribution in [0.25, 0.3) is 16.6 Å². The van der Waals surface area contributed by atoms with E-state index in [4.69, 9.17) is 16.3 Å². The van der Waals surface area contributed by atoms with Crippen LogP contribution in [0.2, 0.25) is 5.02 Å². The van der Waals surface area contributed by atoms with E-state index in [0.29, 0.717) is 23.1 Å². The molecule has 13 nitrogen and oxygen atoms in total. The largest absolute Gasteiger partial charge is 0.588 e. The molecule has 0 bridgehead atoms. The lowest BCUT2D eigenvalue weighted by atomic mass is 9.72. The number of allylic oxidation sites excluding steroid dienone is 1. The van der Waals surface area contributed by atoms with Crippen molar-refractivity contribution in [2.24, 2.45) is 5.41 Å². The molecule has 4 aliphatic rings. The number of fused-ring (bicyclic) bond motifs is 1. The van der Waals surface area contributed by atoms with Gasteiger partial charge in [-0.05, 0) is 104 Å². The Morgan fingerprint density at radius 3 is 2.59 bits per heavy atom. The highest BCUT2D eigenvalue weighted by Gasteiger charge is 2.35. The number of aromatic nitrogens is 2. The highest BCUT2D eigenvalue weighted by atomic mass is 35.5. The maximum Gasteiger partial charge on any atom is 0.297 e. The fourth-order valence-electron chi connectivity index (χ4n) is 8.97. The van der Waals surface area contributed by atoms with Gasteiger partial charge in [0.25, 0.3) is 11.6 Å².